The fourth-order valence-corrected chi connectivity index (χ4v) is 3.83. The Labute approximate surface area is 123 Å². The highest BCUT2D eigenvalue weighted by atomic mass is 32.1. The van der Waals surface area contributed by atoms with Crippen LogP contribution in [0.4, 0.5) is 0 Å². The van der Waals surface area contributed by atoms with Gasteiger partial charge in [-0.1, -0.05) is 6.92 Å². The number of carboxylic acids is 1. The third-order valence-electron chi connectivity index (χ3n) is 3.82. The smallest absolute Gasteiger partial charge is 0.303 e. The fourth-order valence-electron chi connectivity index (χ4n) is 2.58. The fraction of sp³-hybridized carbons (Fsp3) is 0.600. The van der Waals surface area contributed by atoms with Crippen LogP contribution in [0.1, 0.15) is 53.9 Å². The highest BCUT2D eigenvalue weighted by molar-refractivity contribution is 7.10. The number of aliphatic carboxylic acids is 1. The van der Waals surface area contributed by atoms with Crippen LogP contribution in [0, 0.1) is 5.92 Å². The first-order chi connectivity index (χ1) is 9.47. The summed E-state index contributed by atoms with van der Waals surface area (Å²) < 4.78 is 0. The number of nitrogens with one attached hydrogen (secondary N) is 1. The zero-order chi connectivity index (χ0) is 14.7. The van der Waals surface area contributed by atoms with Crippen molar-refractivity contribution in [3.05, 3.63) is 21.4 Å². The molecule has 1 aromatic rings. The zero-order valence-electron chi connectivity index (χ0n) is 11.9. The maximum Gasteiger partial charge on any atom is 0.303 e. The molecule has 20 heavy (non-hydrogen) atoms. The Morgan fingerprint density at radius 2 is 2.30 bits per heavy atom. The standard InChI is InChI=1S/C15H21NO3S/c1-9-3-5-11-12(8-20-13(11)7-9)15(19)16-10(2)4-6-14(17)18/h8-10H,3-7H2,1-2H3,(H,16,19)(H,17,18). The molecule has 1 aliphatic rings. The molecule has 0 aromatic carbocycles. The van der Waals surface area contributed by atoms with Gasteiger partial charge in [0.1, 0.15) is 0 Å². The van der Waals surface area contributed by atoms with Crippen LogP contribution in [0.2, 0.25) is 0 Å². The lowest BCUT2D eigenvalue weighted by Crippen LogP contribution is -2.33. The van der Waals surface area contributed by atoms with Crippen molar-refractivity contribution >= 4 is 23.2 Å². The van der Waals surface area contributed by atoms with Gasteiger partial charge in [0.05, 0.1) is 5.56 Å². The first-order valence-electron chi connectivity index (χ1n) is 7.09. The minimum atomic E-state index is -0.826. The molecule has 2 rings (SSSR count). The lowest BCUT2D eigenvalue weighted by molar-refractivity contribution is -0.137. The summed E-state index contributed by atoms with van der Waals surface area (Å²) >= 11 is 1.67. The zero-order valence-corrected chi connectivity index (χ0v) is 12.8. The Morgan fingerprint density at radius 1 is 1.55 bits per heavy atom. The minimum absolute atomic E-state index is 0.0602. The van der Waals surface area contributed by atoms with Crippen LogP contribution in [0.3, 0.4) is 0 Å². The molecule has 0 radical (unpaired) electrons. The minimum Gasteiger partial charge on any atom is -0.481 e. The van der Waals surface area contributed by atoms with Gasteiger partial charge < -0.3 is 10.4 Å². The number of amides is 1. The number of carbonyl (C=O) groups is 2. The van der Waals surface area contributed by atoms with Gasteiger partial charge in [-0.2, -0.15) is 0 Å². The molecule has 1 heterocycles. The van der Waals surface area contributed by atoms with Crippen molar-refractivity contribution in [2.24, 2.45) is 5.92 Å². The molecule has 110 valence electrons. The molecule has 0 spiro atoms. The number of carbonyl (C=O) groups excluding carboxylic acids is 1. The van der Waals surface area contributed by atoms with E-state index in [-0.39, 0.29) is 18.4 Å². The molecule has 0 fully saturated rings. The first kappa shape index (κ1) is 15.0. The Morgan fingerprint density at radius 3 is 3.00 bits per heavy atom. The van der Waals surface area contributed by atoms with E-state index >= 15 is 0 Å². The molecule has 0 aliphatic heterocycles. The van der Waals surface area contributed by atoms with E-state index < -0.39 is 5.97 Å². The number of thiophene rings is 1. The molecular formula is C15H21NO3S. The van der Waals surface area contributed by atoms with Crippen molar-refractivity contribution in [3.63, 3.8) is 0 Å². The predicted octanol–water partition coefficient (Wildman–Crippen LogP) is 2.86. The second-order valence-corrected chi connectivity index (χ2v) is 6.67. The van der Waals surface area contributed by atoms with Crippen LogP contribution in [-0.2, 0) is 17.6 Å². The maximum atomic E-state index is 12.3. The van der Waals surface area contributed by atoms with Gasteiger partial charge in [0.15, 0.2) is 0 Å². The highest BCUT2D eigenvalue weighted by Crippen LogP contribution is 2.32. The summed E-state index contributed by atoms with van der Waals surface area (Å²) in [5, 5.41) is 13.5. The molecule has 0 saturated heterocycles. The van der Waals surface area contributed by atoms with E-state index in [0.29, 0.717) is 12.3 Å². The number of hydrogen-bond donors (Lipinski definition) is 2. The number of hydrogen-bond acceptors (Lipinski definition) is 3. The summed E-state index contributed by atoms with van der Waals surface area (Å²) in [5.41, 5.74) is 2.00. The molecule has 1 amide bonds. The van der Waals surface area contributed by atoms with Crippen molar-refractivity contribution in [1.29, 1.82) is 0 Å². The SMILES string of the molecule is CC1CCc2c(C(=O)NC(C)CCC(=O)O)csc2C1. The van der Waals surface area contributed by atoms with Gasteiger partial charge in [-0.15, -0.1) is 11.3 Å². The summed E-state index contributed by atoms with van der Waals surface area (Å²) in [7, 11) is 0. The van der Waals surface area contributed by atoms with Crippen LogP contribution in [0.15, 0.2) is 5.38 Å². The molecule has 0 bridgehead atoms. The van der Waals surface area contributed by atoms with Gasteiger partial charge in [-0.05, 0) is 44.1 Å². The van der Waals surface area contributed by atoms with E-state index in [1.54, 1.807) is 11.3 Å². The van der Waals surface area contributed by atoms with Gasteiger partial charge in [0.2, 0.25) is 0 Å². The third kappa shape index (κ3) is 3.60. The second kappa shape index (κ2) is 6.39. The van der Waals surface area contributed by atoms with Gasteiger partial charge in [-0.3, -0.25) is 9.59 Å². The number of fused-ring (bicyclic) bond motifs is 1. The summed E-state index contributed by atoms with van der Waals surface area (Å²) in [6.45, 7) is 4.10. The van der Waals surface area contributed by atoms with Crippen molar-refractivity contribution in [3.8, 4) is 0 Å². The Bertz CT molecular complexity index is 509. The van der Waals surface area contributed by atoms with E-state index in [4.69, 9.17) is 5.11 Å². The molecule has 2 atom stereocenters. The van der Waals surface area contributed by atoms with Crippen molar-refractivity contribution in [1.82, 2.24) is 5.32 Å². The third-order valence-corrected chi connectivity index (χ3v) is 4.87. The van der Waals surface area contributed by atoms with Crippen LogP contribution in [0.25, 0.3) is 0 Å². The molecule has 2 N–H and O–H groups in total. The maximum absolute atomic E-state index is 12.3. The van der Waals surface area contributed by atoms with Gasteiger partial charge in [-0.25, -0.2) is 0 Å². The monoisotopic (exact) mass is 295 g/mol. The van der Waals surface area contributed by atoms with Gasteiger partial charge >= 0.3 is 5.97 Å². The average Bonchev–Trinajstić information content (AvgIpc) is 2.79. The quantitative estimate of drug-likeness (QED) is 0.878. The largest absolute Gasteiger partial charge is 0.481 e. The summed E-state index contributed by atoms with van der Waals surface area (Å²) in [6, 6.07) is -0.114. The average molecular weight is 295 g/mol. The number of carboxylic acid groups (broad SMARTS) is 1. The normalized spacial score (nSPS) is 19.2. The second-order valence-electron chi connectivity index (χ2n) is 5.71. The predicted molar refractivity (Wildman–Crippen MR) is 79.3 cm³/mol. The van der Waals surface area contributed by atoms with Gasteiger partial charge in [0, 0.05) is 22.7 Å². The van der Waals surface area contributed by atoms with Crippen molar-refractivity contribution in [2.45, 2.75) is 52.0 Å². The Hall–Kier alpha value is -1.36. The molecule has 1 aromatic heterocycles. The summed E-state index contributed by atoms with van der Waals surface area (Å²) in [6.07, 6.45) is 3.73. The van der Waals surface area contributed by atoms with E-state index in [0.717, 1.165) is 24.8 Å². The first-order valence-corrected chi connectivity index (χ1v) is 7.97. The Balaban J connectivity index is 1.98. The van der Waals surface area contributed by atoms with Crippen LogP contribution in [-0.4, -0.2) is 23.0 Å². The molecule has 0 saturated carbocycles. The molecular weight excluding hydrogens is 274 g/mol. The van der Waals surface area contributed by atoms with Crippen LogP contribution in [0.5, 0.6) is 0 Å². The van der Waals surface area contributed by atoms with E-state index in [1.807, 2.05) is 12.3 Å². The summed E-state index contributed by atoms with van der Waals surface area (Å²) in [5.74, 6) is -0.186. The molecule has 2 unspecified atom stereocenters. The molecule has 4 nitrogen and oxygen atoms in total. The summed E-state index contributed by atoms with van der Waals surface area (Å²) in [4.78, 5) is 24.1. The Kier molecular flexibility index (Phi) is 4.81. The van der Waals surface area contributed by atoms with Crippen molar-refractivity contribution < 1.29 is 14.7 Å². The van der Waals surface area contributed by atoms with E-state index in [2.05, 4.69) is 12.2 Å². The lowest BCUT2D eigenvalue weighted by Gasteiger charge is -2.19. The van der Waals surface area contributed by atoms with Crippen LogP contribution < -0.4 is 5.32 Å². The number of rotatable bonds is 5. The molecule has 1 aliphatic carbocycles. The van der Waals surface area contributed by atoms with Gasteiger partial charge in [0.25, 0.3) is 5.91 Å². The van der Waals surface area contributed by atoms with E-state index in [9.17, 15) is 9.59 Å². The lowest BCUT2D eigenvalue weighted by atomic mass is 9.88. The topological polar surface area (TPSA) is 66.4 Å². The molecule has 5 heteroatoms. The van der Waals surface area contributed by atoms with E-state index in [1.165, 1.54) is 10.4 Å². The highest BCUT2D eigenvalue weighted by Gasteiger charge is 2.23. The van der Waals surface area contributed by atoms with Crippen molar-refractivity contribution in [2.75, 3.05) is 0 Å². The van der Waals surface area contributed by atoms with Crippen LogP contribution >= 0.6 is 11.3 Å².